The number of hydrogen-bond donors (Lipinski definition) is 1. The molecule has 1 N–H and O–H groups in total. The van der Waals surface area contributed by atoms with E-state index >= 15 is 0 Å². The van der Waals surface area contributed by atoms with E-state index in [0.29, 0.717) is 0 Å². The highest BCUT2D eigenvalue weighted by atomic mass is 35.5. The molecular formula is C13H7Cl2N3O5. The fourth-order valence-electron chi connectivity index (χ4n) is 1.73. The molecule has 0 aromatic heterocycles. The minimum atomic E-state index is -0.716. The van der Waals surface area contributed by atoms with Crippen LogP contribution >= 0.6 is 23.2 Å². The molecule has 2 aromatic carbocycles. The van der Waals surface area contributed by atoms with Crippen molar-refractivity contribution < 1.29 is 14.6 Å². The van der Waals surface area contributed by atoms with Gasteiger partial charge in [-0.25, -0.2) is 0 Å². The molecule has 0 heterocycles. The summed E-state index contributed by atoms with van der Waals surface area (Å²) in [5.74, 6) is -0.679. The van der Waals surface area contributed by atoms with Crippen LogP contribution in [0.15, 0.2) is 36.4 Å². The van der Waals surface area contributed by atoms with Gasteiger partial charge in [0.1, 0.15) is 10.0 Å². The first-order valence-electron chi connectivity index (χ1n) is 5.99. The maximum absolute atomic E-state index is 12.1. The van der Waals surface area contributed by atoms with Gasteiger partial charge in [-0.1, -0.05) is 23.2 Å². The number of anilines is 1. The third kappa shape index (κ3) is 3.74. The molecule has 0 fully saturated rings. The minimum absolute atomic E-state index is 0.0151. The normalized spacial score (nSPS) is 10.2. The second-order valence-electron chi connectivity index (χ2n) is 4.30. The average Bonchev–Trinajstić information content (AvgIpc) is 2.49. The highest BCUT2D eigenvalue weighted by Gasteiger charge is 2.18. The lowest BCUT2D eigenvalue weighted by molar-refractivity contribution is -0.384. The van der Waals surface area contributed by atoms with Gasteiger partial charge in [0.05, 0.1) is 9.85 Å². The SMILES string of the molecule is O=C(Nc1ccc(Cl)c([N+](=O)[O-])c1)c1ccc(Cl)c([N+](=O)[O-])c1. The first kappa shape index (κ1) is 16.7. The van der Waals surface area contributed by atoms with E-state index in [1.807, 2.05) is 0 Å². The van der Waals surface area contributed by atoms with E-state index in [9.17, 15) is 25.0 Å². The molecule has 0 saturated heterocycles. The lowest BCUT2D eigenvalue weighted by Gasteiger charge is -2.06. The summed E-state index contributed by atoms with van der Waals surface area (Å²) < 4.78 is 0. The predicted molar refractivity (Wildman–Crippen MR) is 84.2 cm³/mol. The molecule has 0 aliphatic carbocycles. The van der Waals surface area contributed by atoms with Crippen LogP contribution in [0, 0.1) is 20.2 Å². The molecule has 118 valence electrons. The molecule has 0 unspecified atom stereocenters. The number of nitrogens with zero attached hydrogens (tertiary/aromatic N) is 2. The summed E-state index contributed by atoms with van der Waals surface area (Å²) in [5, 5.41) is 23.8. The van der Waals surface area contributed by atoms with Gasteiger partial charge in [-0.15, -0.1) is 0 Å². The zero-order valence-electron chi connectivity index (χ0n) is 11.2. The lowest BCUT2D eigenvalue weighted by atomic mass is 10.2. The molecule has 0 aliphatic heterocycles. The first-order valence-corrected chi connectivity index (χ1v) is 6.74. The van der Waals surface area contributed by atoms with E-state index in [1.54, 1.807) is 0 Å². The first-order chi connectivity index (χ1) is 10.8. The van der Waals surface area contributed by atoms with Gasteiger partial charge in [-0.05, 0) is 24.3 Å². The Morgan fingerprint density at radius 1 is 0.913 bits per heavy atom. The lowest BCUT2D eigenvalue weighted by Crippen LogP contribution is -2.12. The van der Waals surface area contributed by atoms with Gasteiger partial charge < -0.3 is 5.32 Å². The molecular weight excluding hydrogens is 349 g/mol. The Balaban J connectivity index is 2.29. The third-order valence-corrected chi connectivity index (χ3v) is 3.44. The zero-order chi connectivity index (χ0) is 17.1. The molecule has 0 saturated carbocycles. The summed E-state index contributed by atoms with van der Waals surface area (Å²) in [4.78, 5) is 32.3. The number of hydrogen-bond acceptors (Lipinski definition) is 5. The molecule has 8 nitrogen and oxygen atoms in total. The van der Waals surface area contributed by atoms with Crippen LogP contribution in [-0.4, -0.2) is 15.8 Å². The van der Waals surface area contributed by atoms with E-state index in [4.69, 9.17) is 23.2 Å². The van der Waals surface area contributed by atoms with E-state index in [1.165, 1.54) is 24.3 Å². The van der Waals surface area contributed by atoms with Crippen molar-refractivity contribution in [3.63, 3.8) is 0 Å². The number of benzene rings is 2. The second kappa shape index (κ2) is 6.59. The van der Waals surface area contributed by atoms with Crippen LogP contribution in [-0.2, 0) is 0 Å². The topological polar surface area (TPSA) is 115 Å². The Hall–Kier alpha value is -2.71. The fourth-order valence-corrected chi connectivity index (χ4v) is 2.10. The largest absolute Gasteiger partial charge is 0.322 e. The number of amides is 1. The third-order valence-electron chi connectivity index (χ3n) is 2.81. The number of nitro benzene ring substituents is 2. The van der Waals surface area contributed by atoms with Crippen LogP contribution in [0.3, 0.4) is 0 Å². The Labute approximate surface area is 138 Å². The van der Waals surface area contributed by atoms with Gasteiger partial charge in [0.15, 0.2) is 0 Å². The van der Waals surface area contributed by atoms with Gasteiger partial charge in [-0.2, -0.15) is 0 Å². The summed E-state index contributed by atoms with van der Waals surface area (Å²) in [7, 11) is 0. The van der Waals surface area contributed by atoms with Crippen molar-refractivity contribution >= 4 is 46.2 Å². The molecule has 0 radical (unpaired) electrons. The number of rotatable bonds is 4. The Morgan fingerprint density at radius 2 is 1.43 bits per heavy atom. The van der Waals surface area contributed by atoms with Crippen molar-refractivity contribution in [2.45, 2.75) is 0 Å². The second-order valence-corrected chi connectivity index (χ2v) is 5.12. The molecule has 2 aromatic rings. The molecule has 0 atom stereocenters. The quantitative estimate of drug-likeness (QED) is 0.655. The molecule has 2 rings (SSSR count). The molecule has 23 heavy (non-hydrogen) atoms. The smallest absolute Gasteiger partial charge is 0.289 e. The van der Waals surface area contributed by atoms with Crippen LogP contribution in [0.2, 0.25) is 10.0 Å². The maximum atomic E-state index is 12.1. The van der Waals surface area contributed by atoms with Crippen molar-refractivity contribution in [2.75, 3.05) is 5.32 Å². The Bertz CT molecular complexity index is 825. The Morgan fingerprint density at radius 3 is 2.00 bits per heavy atom. The van der Waals surface area contributed by atoms with E-state index in [2.05, 4.69) is 5.32 Å². The van der Waals surface area contributed by atoms with Crippen LogP contribution in [0.25, 0.3) is 0 Å². The van der Waals surface area contributed by atoms with Crippen LogP contribution in [0.5, 0.6) is 0 Å². The average molecular weight is 356 g/mol. The van der Waals surface area contributed by atoms with E-state index < -0.39 is 21.4 Å². The van der Waals surface area contributed by atoms with Crippen molar-refractivity contribution in [1.82, 2.24) is 0 Å². The summed E-state index contributed by atoms with van der Waals surface area (Å²) in [6.45, 7) is 0. The maximum Gasteiger partial charge on any atom is 0.289 e. The number of nitro groups is 2. The minimum Gasteiger partial charge on any atom is -0.322 e. The van der Waals surface area contributed by atoms with Gasteiger partial charge in [0.2, 0.25) is 0 Å². The van der Waals surface area contributed by atoms with E-state index in [0.717, 1.165) is 12.1 Å². The zero-order valence-corrected chi connectivity index (χ0v) is 12.7. The monoisotopic (exact) mass is 355 g/mol. The number of nitrogens with one attached hydrogen (secondary N) is 1. The van der Waals surface area contributed by atoms with Gasteiger partial charge >= 0.3 is 0 Å². The summed E-state index contributed by atoms with van der Waals surface area (Å²) in [6, 6.07) is 7.26. The van der Waals surface area contributed by atoms with Gasteiger partial charge in [0.25, 0.3) is 17.3 Å². The van der Waals surface area contributed by atoms with Crippen LogP contribution < -0.4 is 5.32 Å². The number of carbonyl (C=O) groups excluding carboxylic acids is 1. The molecule has 0 aliphatic rings. The molecule has 0 bridgehead atoms. The van der Waals surface area contributed by atoms with E-state index in [-0.39, 0.29) is 27.0 Å². The Kier molecular flexibility index (Phi) is 4.77. The van der Waals surface area contributed by atoms with Gasteiger partial charge in [0, 0.05) is 23.4 Å². The standard InChI is InChI=1S/C13H7Cl2N3O5/c14-9-3-1-7(5-11(9)17(20)21)13(19)16-8-2-4-10(15)12(6-8)18(22)23/h1-6H,(H,16,19). The van der Waals surface area contributed by atoms with Crippen LogP contribution in [0.1, 0.15) is 10.4 Å². The summed E-state index contributed by atoms with van der Waals surface area (Å²) >= 11 is 11.3. The number of carbonyl (C=O) groups is 1. The number of halogens is 2. The van der Waals surface area contributed by atoms with Crippen LogP contribution in [0.4, 0.5) is 17.1 Å². The van der Waals surface area contributed by atoms with Crippen molar-refractivity contribution in [1.29, 1.82) is 0 Å². The van der Waals surface area contributed by atoms with Crippen molar-refractivity contribution in [2.24, 2.45) is 0 Å². The van der Waals surface area contributed by atoms with Gasteiger partial charge in [-0.3, -0.25) is 25.0 Å². The van der Waals surface area contributed by atoms with Crippen molar-refractivity contribution in [3.8, 4) is 0 Å². The molecule has 10 heteroatoms. The predicted octanol–water partition coefficient (Wildman–Crippen LogP) is 4.06. The molecule has 0 spiro atoms. The highest BCUT2D eigenvalue weighted by molar-refractivity contribution is 6.33. The molecule has 1 amide bonds. The summed E-state index contributed by atoms with van der Waals surface area (Å²) in [5.41, 5.74) is -0.671. The fraction of sp³-hybridized carbons (Fsp3) is 0. The highest BCUT2D eigenvalue weighted by Crippen LogP contribution is 2.28. The summed E-state index contributed by atoms with van der Waals surface area (Å²) in [6.07, 6.45) is 0. The van der Waals surface area contributed by atoms with Crippen molar-refractivity contribution in [3.05, 3.63) is 72.2 Å².